The van der Waals surface area contributed by atoms with Gasteiger partial charge >= 0.3 is 0 Å². The Hall–Kier alpha value is -1.43. The SMILES string of the molecule is CCCC(=O)CC(C)CCC1CC(=O)CC2(C)C(=CC#N)CCC12. The van der Waals surface area contributed by atoms with Crippen molar-refractivity contribution < 1.29 is 9.59 Å². The van der Waals surface area contributed by atoms with Gasteiger partial charge in [-0.2, -0.15) is 5.26 Å². The minimum atomic E-state index is -0.100. The molecule has 2 aliphatic carbocycles. The van der Waals surface area contributed by atoms with Gasteiger partial charge in [0.25, 0.3) is 0 Å². The van der Waals surface area contributed by atoms with Crippen LogP contribution in [0.3, 0.4) is 0 Å². The molecule has 24 heavy (non-hydrogen) atoms. The van der Waals surface area contributed by atoms with Crippen molar-refractivity contribution in [1.82, 2.24) is 0 Å². The predicted octanol–water partition coefficient (Wildman–Crippen LogP) is 5.01. The second-order valence-corrected chi connectivity index (χ2v) is 8.22. The molecule has 4 unspecified atom stereocenters. The zero-order valence-electron chi connectivity index (χ0n) is 15.4. The van der Waals surface area contributed by atoms with Crippen molar-refractivity contribution in [2.24, 2.45) is 23.2 Å². The lowest BCUT2D eigenvalue weighted by molar-refractivity contribution is -0.126. The Morgan fingerprint density at radius 1 is 1.50 bits per heavy atom. The Bertz CT molecular complexity index is 557. The summed E-state index contributed by atoms with van der Waals surface area (Å²) in [6, 6.07) is 2.17. The lowest BCUT2D eigenvalue weighted by atomic mass is 9.61. The van der Waals surface area contributed by atoms with Gasteiger partial charge in [-0.1, -0.05) is 32.8 Å². The molecule has 0 aromatic heterocycles. The molecule has 0 aliphatic heterocycles. The number of carbonyl (C=O) groups excluding carboxylic acids is 2. The highest BCUT2D eigenvalue weighted by molar-refractivity contribution is 5.81. The van der Waals surface area contributed by atoms with Crippen molar-refractivity contribution in [1.29, 1.82) is 5.26 Å². The van der Waals surface area contributed by atoms with E-state index in [0.717, 1.165) is 32.1 Å². The topological polar surface area (TPSA) is 57.9 Å². The number of rotatable bonds is 7. The van der Waals surface area contributed by atoms with E-state index in [4.69, 9.17) is 5.26 Å². The summed E-state index contributed by atoms with van der Waals surface area (Å²) in [7, 11) is 0. The van der Waals surface area contributed by atoms with Gasteiger partial charge in [0, 0.05) is 31.8 Å². The fourth-order valence-corrected chi connectivity index (χ4v) is 5.06. The van der Waals surface area contributed by atoms with Crippen LogP contribution in [0.4, 0.5) is 0 Å². The molecule has 2 aliphatic rings. The number of Topliss-reactive ketones (excluding diaryl/α,β-unsaturated/α-hetero) is 2. The number of hydrogen-bond acceptors (Lipinski definition) is 3. The van der Waals surface area contributed by atoms with Crippen LogP contribution < -0.4 is 0 Å². The Labute approximate surface area is 146 Å². The number of nitrogens with zero attached hydrogens (tertiary/aromatic N) is 1. The molecule has 2 rings (SSSR count). The summed E-state index contributed by atoms with van der Waals surface area (Å²) in [5.41, 5.74) is 1.08. The van der Waals surface area contributed by atoms with Crippen LogP contribution in [0.1, 0.15) is 78.6 Å². The van der Waals surface area contributed by atoms with Gasteiger partial charge < -0.3 is 0 Å². The van der Waals surface area contributed by atoms with Gasteiger partial charge in [0.2, 0.25) is 0 Å². The molecule has 0 aromatic rings. The van der Waals surface area contributed by atoms with Gasteiger partial charge in [0.05, 0.1) is 6.07 Å². The van der Waals surface area contributed by atoms with Crippen LogP contribution in [0, 0.1) is 34.5 Å². The summed E-state index contributed by atoms with van der Waals surface area (Å²) in [6.07, 6.45) is 9.39. The molecule has 0 spiro atoms. The molecule has 0 bridgehead atoms. The first kappa shape index (κ1) is 18.9. The zero-order valence-corrected chi connectivity index (χ0v) is 15.4. The molecule has 0 saturated heterocycles. The van der Waals surface area contributed by atoms with Crippen LogP contribution in [0.25, 0.3) is 0 Å². The maximum Gasteiger partial charge on any atom is 0.134 e. The largest absolute Gasteiger partial charge is 0.300 e. The number of hydrogen-bond donors (Lipinski definition) is 0. The monoisotopic (exact) mass is 329 g/mol. The number of nitriles is 1. The van der Waals surface area contributed by atoms with E-state index in [0.29, 0.717) is 55.0 Å². The summed E-state index contributed by atoms with van der Waals surface area (Å²) < 4.78 is 0. The fraction of sp³-hybridized carbons (Fsp3) is 0.762. The van der Waals surface area contributed by atoms with E-state index in [1.165, 1.54) is 5.57 Å². The first-order valence-electron chi connectivity index (χ1n) is 9.53. The maximum atomic E-state index is 12.3. The van der Waals surface area contributed by atoms with Gasteiger partial charge in [0.1, 0.15) is 11.6 Å². The zero-order chi connectivity index (χ0) is 17.7. The second-order valence-electron chi connectivity index (χ2n) is 8.22. The summed E-state index contributed by atoms with van der Waals surface area (Å²) >= 11 is 0. The molecule has 0 heterocycles. The second kappa shape index (κ2) is 8.10. The average Bonchev–Trinajstić information content (AvgIpc) is 2.82. The predicted molar refractivity (Wildman–Crippen MR) is 95.2 cm³/mol. The fourth-order valence-electron chi connectivity index (χ4n) is 5.06. The van der Waals surface area contributed by atoms with Crippen molar-refractivity contribution in [3.05, 3.63) is 11.6 Å². The third-order valence-electron chi connectivity index (χ3n) is 6.27. The number of ketones is 2. The molecule has 2 saturated carbocycles. The first-order chi connectivity index (χ1) is 11.4. The Morgan fingerprint density at radius 2 is 2.25 bits per heavy atom. The molecular formula is C21H31NO2. The van der Waals surface area contributed by atoms with Gasteiger partial charge in [0.15, 0.2) is 0 Å². The average molecular weight is 329 g/mol. The molecule has 0 radical (unpaired) electrons. The van der Waals surface area contributed by atoms with E-state index >= 15 is 0 Å². The highest BCUT2D eigenvalue weighted by Gasteiger charge is 2.50. The van der Waals surface area contributed by atoms with Crippen molar-refractivity contribution in [2.45, 2.75) is 78.6 Å². The third-order valence-corrected chi connectivity index (χ3v) is 6.27. The molecule has 0 amide bonds. The number of allylic oxidation sites excluding steroid dienone is 2. The lowest BCUT2D eigenvalue weighted by Crippen LogP contribution is -2.38. The quantitative estimate of drug-likeness (QED) is 0.617. The van der Waals surface area contributed by atoms with E-state index < -0.39 is 0 Å². The summed E-state index contributed by atoms with van der Waals surface area (Å²) in [5, 5.41) is 9.02. The van der Waals surface area contributed by atoms with Crippen LogP contribution in [0.2, 0.25) is 0 Å². The van der Waals surface area contributed by atoms with E-state index in [2.05, 4.69) is 19.9 Å². The first-order valence-corrected chi connectivity index (χ1v) is 9.53. The molecule has 2 fully saturated rings. The van der Waals surface area contributed by atoms with Crippen LogP contribution in [-0.4, -0.2) is 11.6 Å². The van der Waals surface area contributed by atoms with Crippen molar-refractivity contribution >= 4 is 11.6 Å². The normalized spacial score (nSPS) is 32.4. The smallest absolute Gasteiger partial charge is 0.134 e. The van der Waals surface area contributed by atoms with Crippen LogP contribution in [-0.2, 0) is 9.59 Å². The minimum Gasteiger partial charge on any atom is -0.300 e. The third kappa shape index (κ3) is 4.15. The Morgan fingerprint density at radius 3 is 2.92 bits per heavy atom. The maximum absolute atomic E-state index is 12.3. The Balaban J connectivity index is 1.98. The summed E-state index contributed by atoms with van der Waals surface area (Å²) in [5.74, 6) is 2.06. The van der Waals surface area contributed by atoms with Gasteiger partial charge in [-0.25, -0.2) is 0 Å². The molecule has 132 valence electrons. The highest BCUT2D eigenvalue weighted by Crippen LogP contribution is 2.57. The molecule has 4 atom stereocenters. The standard InChI is InChI=1S/C21H31NO2/c1-4-5-18(23)12-15(2)6-7-16-13-19(24)14-21(3)17(10-11-22)8-9-20(16)21/h10,15-16,20H,4-9,12-14H2,1-3H3. The molecule has 0 aromatic carbocycles. The molecular weight excluding hydrogens is 298 g/mol. The van der Waals surface area contributed by atoms with E-state index in [-0.39, 0.29) is 5.41 Å². The number of fused-ring (bicyclic) bond motifs is 1. The van der Waals surface area contributed by atoms with Crippen molar-refractivity contribution in [3.8, 4) is 6.07 Å². The van der Waals surface area contributed by atoms with E-state index in [1.807, 2.05) is 6.92 Å². The van der Waals surface area contributed by atoms with Crippen LogP contribution in [0.15, 0.2) is 11.6 Å². The Kier molecular flexibility index (Phi) is 6.38. The van der Waals surface area contributed by atoms with Gasteiger partial charge in [-0.3, -0.25) is 9.59 Å². The van der Waals surface area contributed by atoms with Crippen LogP contribution in [0.5, 0.6) is 0 Å². The van der Waals surface area contributed by atoms with E-state index in [9.17, 15) is 9.59 Å². The molecule has 0 N–H and O–H groups in total. The summed E-state index contributed by atoms with van der Waals surface area (Å²) in [4.78, 5) is 24.1. The number of carbonyl (C=O) groups is 2. The van der Waals surface area contributed by atoms with Gasteiger partial charge in [-0.15, -0.1) is 0 Å². The molecule has 3 nitrogen and oxygen atoms in total. The summed E-state index contributed by atoms with van der Waals surface area (Å²) in [6.45, 7) is 6.39. The van der Waals surface area contributed by atoms with Gasteiger partial charge in [-0.05, 0) is 48.9 Å². The lowest BCUT2D eigenvalue weighted by Gasteiger charge is -2.42. The van der Waals surface area contributed by atoms with E-state index in [1.54, 1.807) is 6.08 Å². The van der Waals surface area contributed by atoms with Crippen molar-refractivity contribution in [2.75, 3.05) is 0 Å². The molecule has 3 heteroatoms. The minimum absolute atomic E-state index is 0.100. The van der Waals surface area contributed by atoms with Crippen molar-refractivity contribution in [3.63, 3.8) is 0 Å². The highest BCUT2D eigenvalue weighted by atomic mass is 16.1. The van der Waals surface area contributed by atoms with Crippen LogP contribution >= 0.6 is 0 Å².